The number of piperidine rings is 1. The van der Waals surface area contributed by atoms with Gasteiger partial charge in [0.05, 0.1) is 5.69 Å². The number of benzene rings is 1. The Labute approximate surface area is 146 Å². The molecular formula is C18H23FN4O2. The van der Waals surface area contributed by atoms with E-state index in [4.69, 9.17) is 4.74 Å². The number of hydrogen-bond acceptors (Lipinski definition) is 4. The topological polar surface area (TPSA) is 68.2 Å². The quantitative estimate of drug-likeness (QED) is 0.865. The zero-order valence-corrected chi connectivity index (χ0v) is 14.5. The van der Waals surface area contributed by atoms with E-state index >= 15 is 0 Å². The van der Waals surface area contributed by atoms with E-state index in [2.05, 4.69) is 15.6 Å². The lowest BCUT2D eigenvalue weighted by atomic mass is 9.91. The molecule has 0 saturated carbocycles. The van der Waals surface area contributed by atoms with Crippen LogP contribution in [0.25, 0.3) is 5.69 Å². The highest BCUT2D eigenvalue weighted by Crippen LogP contribution is 2.23. The first kappa shape index (κ1) is 17.6. The van der Waals surface area contributed by atoms with Crippen LogP contribution in [0.3, 0.4) is 0 Å². The van der Waals surface area contributed by atoms with Crippen molar-refractivity contribution in [3.8, 4) is 5.69 Å². The Morgan fingerprint density at radius 1 is 1.44 bits per heavy atom. The lowest BCUT2D eigenvalue weighted by Gasteiger charge is -2.34. The Bertz CT molecular complexity index is 753. The molecule has 1 aromatic heterocycles. The fraction of sp³-hybridized carbons (Fsp3) is 0.444. The number of carbonyl (C=O) groups excluding carboxylic acids is 1. The molecule has 0 spiro atoms. The molecule has 1 saturated heterocycles. The molecule has 7 heteroatoms. The molecule has 2 N–H and O–H groups in total. The summed E-state index contributed by atoms with van der Waals surface area (Å²) in [5.41, 5.74) is 0.349. The number of amides is 1. The van der Waals surface area contributed by atoms with Gasteiger partial charge in [-0.25, -0.2) is 9.37 Å². The van der Waals surface area contributed by atoms with Gasteiger partial charge >= 0.3 is 0 Å². The monoisotopic (exact) mass is 346 g/mol. The van der Waals surface area contributed by atoms with Crippen LogP contribution < -0.4 is 10.6 Å². The van der Waals surface area contributed by atoms with Crippen molar-refractivity contribution in [2.24, 2.45) is 0 Å². The van der Waals surface area contributed by atoms with Gasteiger partial charge in [0.15, 0.2) is 0 Å². The van der Waals surface area contributed by atoms with E-state index in [-0.39, 0.29) is 18.3 Å². The van der Waals surface area contributed by atoms with Gasteiger partial charge in [0.25, 0.3) is 5.91 Å². The zero-order chi connectivity index (χ0) is 17.9. The van der Waals surface area contributed by atoms with Crippen LogP contribution in [0, 0.1) is 12.7 Å². The fourth-order valence-corrected chi connectivity index (χ4v) is 3.19. The fourth-order valence-electron chi connectivity index (χ4n) is 3.19. The Hall–Kier alpha value is -2.25. The number of aromatic nitrogens is 2. The number of imidazole rings is 1. The van der Waals surface area contributed by atoms with Crippen molar-refractivity contribution in [3.05, 3.63) is 47.8 Å². The summed E-state index contributed by atoms with van der Waals surface area (Å²) in [4.78, 5) is 16.6. The molecule has 0 unspecified atom stereocenters. The van der Waals surface area contributed by atoms with Crippen molar-refractivity contribution in [3.63, 3.8) is 0 Å². The van der Waals surface area contributed by atoms with E-state index in [1.807, 2.05) is 6.92 Å². The summed E-state index contributed by atoms with van der Waals surface area (Å²) in [6.45, 7) is 3.57. The van der Waals surface area contributed by atoms with Gasteiger partial charge in [-0.2, -0.15) is 0 Å². The van der Waals surface area contributed by atoms with Crippen molar-refractivity contribution < 1.29 is 13.9 Å². The predicted molar refractivity (Wildman–Crippen MR) is 91.9 cm³/mol. The Morgan fingerprint density at radius 2 is 2.20 bits per heavy atom. The molecule has 1 fully saturated rings. The summed E-state index contributed by atoms with van der Waals surface area (Å²) in [7, 11) is 1.56. The average Bonchev–Trinajstić information content (AvgIpc) is 3.06. The predicted octanol–water partition coefficient (Wildman–Crippen LogP) is 1.70. The summed E-state index contributed by atoms with van der Waals surface area (Å²) in [5, 5.41) is 6.09. The summed E-state index contributed by atoms with van der Waals surface area (Å²) in [6, 6.07) is 4.94. The standard InChI is InChI=1S/C18H23FN4O2/c1-13-21-9-10-23(13)16-4-3-14(11-15(16)19)12-22-17(24)18(25-2)5-7-20-8-6-18/h3-4,9-11,20H,5-8,12H2,1-2H3,(H,22,24). The Kier molecular flexibility index (Phi) is 5.15. The van der Waals surface area contributed by atoms with Crippen LogP contribution >= 0.6 is 0 Å². The average molecular weight is 346 g/mol. The Balaban J connectivity index is 1.68. The van der Waals surface area contributed by atoms with Crippen molar-refractivity contribution in [1.82, 2.24) is 20.2 Å². The lowest BCUT2D eigenvalue weighted by Crippen LogP contribution is -2.53. The van der Waals surface area contributed by atoms with Crippen LogP contribution in [-0.4, -0.2) is 41.3 Å². The van der Waals surface area contributed by atoms with Crippen molar-refractivity contribution in [1.29, 1.82) is 0 Å². The molecule has 3 rings (SSSR count). The van der Waals surface area contributed by atoms with Crippen molar-refractivity contribution in [2.75, 3.05) is 20.2 Å². The first-order chi connectivity index (χ1) is 12.1. The Morgan fingerprint density at radius 3 is 2.80 bits per heavy atom. The molecule has 134 valence electrons. The van der Waals surface area contributed by atoms with E-state index in [1.165, 1.54) is 6.07 Å². The second-order valence-corrected chi connectivity index (χ2v) is 6.26. The molecule has 2 aromatic rings. The van der Waals surface area contributed by atoms with E-state index in [0.717, 1.165) is 13.1 Å². The third-order valence-electron chi connectivity index (χ3n) is 4.77. The number of nitrogens with one attached hydrogen (secondary N) is 2. The van der Waals surface area contributed by atoms with E-state index in [0.29, 0.717) is 29.9 Å². The van der Waals surface area contributed by atoms with Gasteiger partial charge in [-0.15, -0.1) is 0 Å². The molecule has 25 heavy (non-hydrogen) atoms. The van der Waals surface area contributed by atoms with Crippen LogP contribution in [0.2, 0.25) is 0 Å². The molecule has 2 heterocycles. The number of nitrogens with zero attached hydrogens (tertiary/aromatic N) is 2. The molecule has 1 amide bonds. The maximum atomic E-state index is 14.4. The summed E-state index contributed by atoms with van der Waals surface area (Å²) >= 11 is 0. The molecule has 0 radical (unpaired) electrons. The van der Waals surface area contributed by atoms with Gasteiger partial charge in [0.1, 0.15) is 17.2 Å². The lowest BCUT2D eigenvalue weighted by molar-refractivity contribution is -0.146. The van der Waals surface area contributed by atoms with Crippen LogP contribution in [-0.2, 0) is 16.1 Å². The van der Waals surface area contributed by atoms with Gasteiger partial charge in [-0.1, -0.05) is 6.07 Å². The van der Waals surface area contributed by atoms with Crippen LogP contribution in [0.4, 0.5) is 4.39 Å². The SMILES string of the molecule is COC1(C(=O)NCc2ccc(-n3ccnc3C)c(F)c2)CCNCC1. The second kappa shape index (κ2) is 7.33. The van der Waals surface area contributed by atoms with Crippen LogP contribution in [0.5, 0.6) is 0 Å². The number of rotatable bonds is 5. The second-order valence-electron chi connectivity index (χ2n) is 6.26. The molecule has 1 aliphatic rings. The van der Waals surface area contributed by atoms with E-state index in [9.17, 15) is 9.18 Å². The van der Waals surface area contributed by atoms with Gasteiger partial charge in [-0.05, 0) is 50.6 Å². The number of hydrogen-bond donors (Lipinski definition) is 2. The minimum absolute atomic E-state index is 0.147. The number of aryl methyl sites for hydroxylation is 1. The minimum atomic E-state index is -0.794. The van der Waals surface area contributed by atoms with Crippen LogP contribution in [0.15, 0.2) is 30.6 Å². The van der Waals surface area contributed by atoms with Gasteiger partial charge in [0, 0.05) is 26.0 Å². The highest BCUT2D eigenvalue weighted by molar-refractivity contribution is 5.85. The maximum Gasteiger partial charge on any atom is 0.252 e. The molecule has 0 bridgehead atoms. The summed E-state index contributed by atoms with van der Waals surface area (Å²) in [6.07, 6.45) is 4.60. The molecule has 0 atom stereocenters. The minimum Gasteiger partial charge on any atom is -0.368 e. The zero-order valence-electron chi connectivity index (χ0n) is 14.5. The number of carbonyl (C=O) groups is 1. The summed E-state index contributed by atoms with van der Waals surface area (Å²) < 4.78 is 21.6. The smallest absolute Gasteiger partial charge is 0.252 e. The van der Waals surface area contributed by atoms with E-state index < -0.39 is 5.60 Å². The molecular weight excluding hydrogens is 323 g/mol. The highest BCUT2D eigenvalue weighted by Gasteiger charge is 2.39. The first-order valence-electron chi connectivity index (χ1n) is 8.39. The van der Waals surface area contributed by atoms with Crippen LogP contribution in [0.1, 0.15) is 24.2 Å². The van der Waals surface area contributed by atoms with Crippen molar-refractivity contribution in [2.45, 2.75) is 31.9 Å². The molecule has 0 aliphatic carbocycles. The normalized spacial score (nSPS) is 16.6. The largest absolute Gasteiger partial charge is 0.368 e. The maximum absolute atomic E-state index is 14.4. The molecule has 1 aromatic carbocycles. The van der Waals surface area contributed by atoms with Gasteiger partial charge < -0.3 is 19.9 Å². The van der Waals surface area contributed by atoms with E-state index in [1.54, 1.807) is 36.2 Å². The molecule has 6 nitrogen and oxygen atoms in total. The molecule has 1 aliphatic heterocycles. The third kappa shape index (κ3) is 3.57. The number of methoxy groups -OCH3 is 1. The van der Waals surface area contributed by atoms with Gasteiger partial charge in [0.2, 0.25) is 0 Å². The van der Waals surface area contributed by atoms with Crippen molar-refractivity contribution >= 4 is 5.91 Å². The number of halogens is 1. The number of ether oxygens (including phenoxy) is 1. The summed E-state index contributed by atoms with van der Waals surface area (Å²) in [5.74, 6) is 0.218. The van der Waals surface area contributed by atoms with Gasteiger partial charge in [-0.3, -0.25) is 4.79 Å². The highest BCUT2D eigenvalue weighted by atomic mass is 19.1. The third-order valence-corrected chi connectivity index (χ3v) is 4.77. The first-order valence-corrected chi connectivity index (χ1v) is 8.39.